The van der Waals surface area contributed by atoms with Crippen LogP contribution in [-0.4, -0.2) is 68.2 Å². The summed E-state index contributed by atoms with van der Waals surface area (Å²) >= 11 is 0. The van der Waals surface area contributed by atoms with Gasteiger partial charge in [-0.3, -0.25) is 9.80 Å². The lowest BCUT2D eigenvalue weighted by molar-refractivity contribution is 0.121. The smallest absolute Gasteiger partial charge is 0.211 e. The molecule has 1 aliphatic rings. The molecule has 142 valence electrons. The monoisotopic (exact) mass is 378 g/mol. The van der Waals surface area contributed by atoms with Crippen LogP contribution < -0.4 is 4.72 Å². The van der Waals surface area contributed by atoms with E-state index in [4.69, 9.17) is 4.42 Å². The number of aromatic nitrogens is 1. The van der Waals surface area contributed by atoms with Crippen LogP contribution in [0.5, 0.6) is 0 Å². The molecule has 0 aliphatic carbocycles. The normalized spacial score (nSPS) is 16.8. The number of rotatable bonds is 8. The third kappa shape index (κ3) is 5.38. The summed E-state index contributed by atoms with van der Waals surface area (Å²) in [6.07, 6.45) is 1.71. The molecule has 1 aromatic carbocycles. The minimum atomic E-state index is -3.10. The number of benzene rings is 1. The zero-order valence-corrected chi connectivity index (χ0v) is 15.9. The third-order valence-electron chi connectivity index (χ3n) is 4.58. The van der Waals surface area contributed by atoms with E-state index in [9.17, 15) is 8.42 Å². The second-order valence-electron chi connectivity index (χ2n) is 6.41. The summed E-state index contributed by atoms with van der Waals surface area (Å²) in [6, 6.07) is 10.0. The Labute approximate surface area is 155 Å². The van der Waals surface area contributed by atoms with Gasteiger partial charge in [0.25, 0.3) is 0 Å². The highest BCUT2D eigenvalue weighted by Gasteiger charge is 2.19. The van der Waals surface area contributed by atoms with Crippen molar-refractivity contribution in [1.82, 2.24) is 19.5 Å². The maximum atomic E-state index is 11.4. The third-order valence-corrected chi connectivity index (χ3v) is 5.98. The van der Waals surface area contributed by atoms with Gasteiger partial charge in [0, 0.05) is 44.8 Å². The first kappa shape index (κ1) is 19.0. The molecule has 1 aromatic heterocycles. The summed E-state index contributed by atoms with van der Waals surface area (Å²) < 4.78 is 31.1. The number of nitrogens with zero attached hydrogens (tertiary/aromatic N) is 3. The van der Waals surface area contributed by atoms with Crippen LogP contribution >= 0.6 is 0 Å². The molecule has 7 nitrogen and oxygen atoms in total. The van der Waals surface area contributed by atoms with Gasteiger partial charge in [0.2, 0.25) is 15.9 Å². The van der Waals surface area contributed by atoms with Crippen molar-refractivity contribution in [1.29, 1.82) is 0 Å². The maximum Gasteiger partial charge on any atom is 0.211 e. The number of hydrogen-bond acceptors (Lipinski definition) is 6. The maximum absolute atomic E-state index is 11.4. The summed E-state index contributed by atoms with van der Waals surface area (Å²) in [4.78, 5) is 9.17. The van der Waals surface area contributed by atoms with E-state index >= 15 is 0 Å². The summed E-state index contributed by atoms with van der Waals surface area (Å²) in [5, 5.41) is 0. The molecule has 0 amide bonds. The van der Waals surface area contributed by atoms with Crippen molar-refractivity contribution >= 4 is 10.0 Å². The molecule has 0 atom stereocenters. The largest absolute Gasteiger partial charge is 0.447 e. The molecule has 1 fully saturated rings. The van der Waals surface area contributed by atoms with E-state index < -0.39 is 10.0 Å². The second-order valence-corrected chi connectivity index (χ2v) is 8.50. The van der Waals surface area contributed by atoms with Gasteiger partial charge >= 0.3 is 0 Å². The molecule has 1 aliphatic heterocycles. The van der Waals surface area contributed by atoms with Crippen LogP contribution in [0.3, 0.4) is 0 Å². The van der Waals surface area contributed by atoms with Crippen molar-refractivity contribution in [2.75, 3.05) is 45.0 Å². The van der Waals surface area contributed by atoms with Gasteiger partial charge in [-0.1, -0.05) is 30.3 Å². The Morgan fingerprint density at radius 2 is 1.81 bits per heavy atom. The van der Waals surface area contributed by atoms with Crippen molar-refractivity contribution < 1.29 is 12.8 Å². The highest BCUT2D eigenvalue weighted by atomic mass is 32.2. The fourth-order valence-electron chi connectivity index (χ4n) is 2.95. The van der Waals surface area contributed by atoms with E-state index in [0.29, 0.717) is 13.1 Å². The number of sulfonamides is 1. The molecule has 26 heavy (non-hydrogen) atoms. The van der Waals surface area contributed by atoms with Crippen LogP contribution in [0.15, 0.2) is 41.0 Å². The van der Waals surface area contributed by atoms with Gasteiger partial charge in [0.05, 0.1) is 12.3 Å². The van der Waals surface area contributed by atoms with Crippen LogP contribution in [0.1, 0.15) is 12.8 Å². The Hall–Kier alpha value is -1.74. The summed E-state index contributed by atoms with van der Waals surface area (Å²) in [5.74, 6) is 0.857. The fraction of sp³-hybridized carbons (Fsp3) is 0.500. The molecule has 1 N–H and O–H groups in total. The van der Waals surface area contributed by atoms with Crippen LogP contribution in [0, 0.1) is 0 Å². The van der Waals surface area contributed by atoms with Crippen LogP contribution in [0.25, 0.3) is 11.3 Å². The number of nitrogens with one attached hydrogen (secondary N) is 1. The van der Waals surface area contributed by atoms with Crippen molar-refractivity contribution in [2.45, 2.75) is 13.5 Å². The standard InChI is InChI=1S/C18H26N4O3S/c1-2-26(23,24)19-8-9-21-10-12-22(13-11-21)14-18-20-17(15-25-18)16-6-4-3-5-7-16/h3-7,15,19H,2,8-14H2,1H3. The Kier molecular flexibility index (Phi) is 6.42. The van der Waals surface area contributed by atoms with Gasteiger partial charge in [-0.25, -0.2) is 18.1 Å². The first-order valence-electron chi connectivity index (χ1n) is 8.97. The van der Waals surface area contributed by atoms with Gasteiger partial charge in [-0.15, -0.1) is 0 Å². The molecular weight excluding hydrogens is 352 g/mol. The van der Waals surface area contributed by atoms with Crippen molar-refractivity contribution in [3.63, 3.8) is 0 Å². The summed E-state index contributed by atoms with van der Waals surface area (Å²) in [7, 11) is -3.10. The molecule has 8 heteroatoms. The first-order valence-corrected chi connectivity index (χ1v) is 10.6. The molecule has 0 unspecified atom stereocenters. The lowest BCUT2D eigenvalue weighted by Gasteiger charge is -2.33. The fourth-order valence-corrected chi connectivity index (χ4v) is 3.56. The minimum absolute atomic E-state index is 0.127. The average molecular weight is 378 g/mol. The van der Waals surface area contributed by atoms with Gasteiger partial charge in [0.1, 0.15) is 12.0 Å². The predicted molar refractivity (Wildman–Crippen MR) is 101 cm³/mol. The molecule has 1 saturated heterocycles. The number of hydrogen-bond donors (Lipinski definition) is 1. The zero-order valence-electron chi connectivity index (χ0n) is 15.1. The van der Waals surface area contributed by atoms with Crippen molar-refractivity contribution in [3.8, 4) is 11.3 Å². The topological polar surface area (TPSA) is 78.7 Å². The highest BCUT2D eigenvalue weighted by Crippen LogP contribution is 2.19. The van der Waals surface area contributed by atoms with Crippen LogP contribution in [0.4, 0.5) is 0 Å². The Balaban J connectivity index is 1.42. The summed E-state index contributed by atoms with van der Waals surface area (Å²) in [5.41, 5.74) is 1.92. The highest BCUT2D eigenvalue weighted by molar-refractivity contribution is 7.89. The number of oxazole rings is 1. The van der Waals surface area contributed by atoms with Crippen LogP contribution in [-0.2, 0) is 16.6 Å². The van der Waals surface area contributed by atoms with E-state index in [1.807, 2.05) is 30.3 Å². The van der Waals surface area contributed by atoms with Crippen molar-refractivity contribution in [2.24, 2.45) is 0 Å². The minimum Gasteiger partial charge on any atom is -0.447 e. The average Bonchev–Trinajstić information content (AvgIpc) is 3.12. The quantitative estimate of drug-likeness (QED) is 0.748. The molecular formula is C18H26N4O3S. The van der Waals surface area contributed by atoms with Gasteiger partial charge in [-0.05, 0) is 6.92 Å². The van der Waals surface area contributed by atoms with E-state index in [2.05, 4.69) is 19.5 Å². The van der Waals surface area contributed by atoms with Gasteiger partial charge in [-0.2, -0.15) is 0 Å². The van der Waals surface area contributed by atoms with Crippen molar-refractivity contribution in [3.05, 3.63) is 42.5 Å². The summed E-state index contributed by atoms with van der Waals surface area (Å²) in [6.45, 7) is 7.23. The van der Waals surface area contributed by atoms with E-state index in [-0.39, 0.29) is 5.75 Å². The Morgan fingerprint density at radius 1 is 1.12 bits per heavy atom. The SMILES string of the molecule is CCS(=O)(=O)NCCN1CCN(Cc2nc(-c3ccccc3)co2)CC1. The van der Waals surface area contributed by atoms with E-state index in [0.717, 1.165) is 49.9 Å². The number of piperazine rings is 1. The second kappa shape index (κ2) is 8.77. The van der Waals surface area contributed by atoms with Crippen LogP contribution in [0.2, 0.25) is 0 Å². The molecule has 0 saturated carbocycles. The molecule has 3 rings (SSSR count). The Bertz CT molecular complexity index is 784. The molecule has 2 aromatic rings. The molecule has 2 heterocycles. The molecule has 0 bridgehead atoms. The molecule has 0 radical (unpaired) electrons. The van der Waals surface area contributed by atoms with Gasteiger partial charge < -0.3 is 4.42 Å². The zero-order chi connectivity index (χ0) is 18.4. The van der Waals surface area contributed by atoms with Gasteiger partial charge in [0.15, 0.2) is 0 Å². The lowest BCUT2D eigenvalue weighted by Crippen LogP contribution is -2.48. The lowest BCUT2D eigenvalue weighted by atomic mass is 10.2. The van der Waals surface area contributed by atoms with E-state index in [1.54, 1.807) is 13.2 Å². The Morgan fingerprint density at radius 3 is 2.50 bits per heavy atom. The predicted octanol–water partition coefficient (Wildman–Crippen LogP) is 1.40. The first-order chi connectivity index (χ1) is 12.6. The van der Waals surface area contributed by atoms with E-state index in [1.165, 1.54) is 0 Å². The molecule has 0 spiro atoms.